The number of aryl methyl sites for hydroxylation is 1. The van der Waals surface area contributed by atoms with E-state index in [-0.39, 0.29) is 18.5 Å². The first-order chi connectivity index (χ1) is 11.1. The minimum atomic E-state index is -0.815. The van der Waals surface area contributed by atoms with E-state index < -0.39 is 12.0 Å². The van der Waals surface area contributed by atoms with Gasteiger partial charge in [0.2, 0.25) is 5.91 Å². The van der Waals surface area contributed by atoms with Crippen molar-refractivity contribution < 1.29 is 14.7 Å². The number of amides is 1. The fourth-order valence-electron chi connectivity index (χ4n) is 3.78. The second-order valence-electron chi connectivity index (χ2n) is 6.60. The van der Waals surface area contributed by atoms with Crippen molar-refractivity contribution in [2.45, 2.75) is 51.1 Å². The van der Waals surface area contributed by atoms with Crippen molar-refractivity contribution >= 4 is 17.6 Å². The maximum atomic E-state index is 12.9. The highest BCUT2D eigenvalue weighted by Crippen LogP contribution is 2.31. The van der Waals surface area contributed by atoms with Gasteiger partial charge in [-0.15, -0.1) is 0 Å². The molecular formula is C18H24N2O3. The molecule has 1 saturated heterocycles. The number of carboxylic acids is 1. The standard InChI is InChI=1S/C18H24N2O3/c1-13-9-10-14-6-2-3-7-15(14)20(13)17(21)12-19-11-5-4-8-16(19)18(22)23/h2-3,6-7,13,16H,4-5,8-12H2,1H3,(H,22,23). The predicted molar refractivity (Wildman–Crippen MR) is 88.6 cm³/mol. The van der Waals surface area contributed by atoms with Crippen molar-refractivity contribution in [3.63, 3.8) is 0 Å². The lowest BCUT2D eigenvalue weighted by atomic mass is 9.96. The fourth-order valence-corrected chi connectivity index (χ4v) is 3.78. The van der Waals surface area contributed by atoms with E-state index in [1.165, 1.54) is 5.56 Å². The fraction of sp³-hybridized carbons (Fsp3) is 0.556. The largest absolute Gasteiger partial charge is 0.480 e. The van der Waals surface area contributed by atoms with Crippen molar-refractivity contribution in [1.82, 2.24) is 4.90 Å². The number of piperidine rings is 1. The number of carboxylic acid groups (broad SMARTS) is 1. The Bertz CT molecular complexity index is 602. The smallest absolute Gasteiger partial charge is 0.320 e. The maximum absolute atomic E-state index is 12.9. The average Bonchev–Trinajstić information content (AvgIpc) is 2.54. The molecule has 1 amide bonds. The molecule has 5 nitrogen and oxygen atoms in total. The summed E-state index contributed by atoms with van der Waals surface area (Å²) in [6, 6.07) is 7.66. The lowest BCUT2D eigenvalue weighted by Crippen LogP contribution is -2.52. The molecule has 1 aromatic carbocycles. The molecule has 1 aromatic rings. The summed E-state index contributed by atoms with van der Waals surface area (Å²) in [5.41, 5.74) is 2.19. The van der Waals surface area contributed by atoms with Gasteiger partial charge in [-0.25, -0.2) is 0 Å². The average molecular weight is 316 g/mol. The lowest BCUT2D eigenvalue weighted by molar-refractivity contribution is -0.145. The van der Waals surface area contributed by atoms with Crippen LogP contribution in [0.2, 0.25) is 0 Å². The van der Waals surface area contributed by atoms with E-state index in [4.69, 9.17) is 0 Å². The van der Waals surface area contributed by atoms with Crippen LogP contribution >= 0.6 is 0 Å². The van der Waals surface area contributed by atoms with Crippen molar-refractivity contribution in [2.75, 3.05) is 18.0 Å². The van der Waals surface area contributed by atoms with Gasteiger partial charge in [0.1, 0.15) is 6.04 Å². The Morgan fingerprint density at radius 3 is 2.78 bits per heavy atom. The molecule has 2 unspecified atom stereocenters. The number of para-hydroxylation sites is 1. The van der Waals surface area contributed by atoms with Gasteiger partial charge in [-0.2, -0.15) is 0 Å². The van der Waals surface area contributed by atoms with Gasteiger partial charge in [0.15, 0.2) is 0 Å². The third kappa shape index (κ3) is 3.24. The number of nitrogens with zero attached hydrogens (tertiary/aromatic N) is 2. The molecule has 0 aliphatic carbocycles. The first-order valence-corrected chi connectivity index (χ1v) is 8.44. The summed E-state index contributed by atoms with van der Waals surface area (Å²) < 4.78 is 0. The van der Waals surface area contributed by atoms with Crippen LogP contribution in [0.4, 0.5) is 5.69 Å². The van der Waals surface area contributed by atoms with Gasteiger partial charge in [-0.1, -0.05) is 24.6 Å². The number of carbonyl (C=O) groups is 2. The minimum absolute atomic E-state index is 0.0119. The number of hydrogen-bond acceptors (Lipinski definition) is 3. The van der Waals surface area contributed by atoms with Crippen LogP contribution in [0.5, 0.6) is 0 Å². The summed E-state index contributed by atoms with van der Waals surface area (Å²) in [6.45, 7) is 2.95. The summed E-state index contributed by atoms with van der Waals surface area (Å²) in [7, 11) is 0. The van der Waals surface area contributed by atoms with Crippen LogP contribution in [0.25, 0.3) is 0 Å². The molecule has 3 rings (SSSR count). The highest BCUT2D eigenvalue weighted by molar-refractivity contribution is 5.96. The second-order valence-corrected chi connectivity index (χ2v) is 6.60. The van der Waals surface area contributed by atoms with E-state index in [1.807, 2.05) is 28.0 Å². The lowest BCUT2D eigenvalue weighted by Gasteiger charge is -2.38. The molecule has 0 bridgehead atoms. The van der Waals surface area contributed by atoms with Crippen LogP contribution in [-0.4, -0.2) is 47.1 Å². The summed E-state index contributed by atoms with van der Waals surface area (Å²) in [5.74, 6) is -0.803. The van der Waals surface area contributed by atoms with Gasteiger partial charge in [-0.3, -0.25) is 14.5 Å². The number of aliphatic carboxylic acids is 1. The Morgan fingerprint density at radius 1 is 1.22 bits per heavy atom. The monoisotopic (exact) mass is 316 g/mol. The number of rotatable bonds is 3. The molecule has 23 heavy (non-hydrogen) atoms. The number of hydrogen-bond donors (Lipinski definition) is 1. The molecule has 1 N–H and O–H groups in total. The molecule has 0 aromatic heterocycles. The van der Waals surface area contributed by atoms with Crippen LogP contribution in [0.15, 0.2) is 24.3 Å². The van der Waals surface area contributed by atoms with Crippen LogP contribution < -0.4 is 4.90 Å². The van der Waals surface area contributed by atoms with E-state index in [0.29, 0.717) is 13.0 Å². The Balaban J connectivity index is 1.78. The molecule has 2 atom stereocenters. The number of fused-ring (bicyclic) bond motifs is 1. The third-order valence-electron chi connectivity index (χ3n) is 5.03. The molecule has 2 heterocycles. The Hall–Kier alpha value is -1.88. The normalized spacial score (nSPS) is 25.0. The molecule has 2 aliphatic heterocycles. The Morgan fingerprint density at radius 2 is 2.00 bits per heavy atom. The quantitative estimate of drug-likeness (QED) is 0.929. The zero-order valence-electron chi connectivity index (χ0n) is 13.6. The number of carbonyl (C=O) groups excluding carboxylic acids is 1. The van der Waals surface area contributed by atoms with E-state index in [9.17, 15) is 14.7 Å². The summed E-state index contributed by atoms with van der Waals surface area (Å²) >= 11 is 0. The van der Waals surface area contributed by atoms with E-state index >= 15 is 0 Å². The molecule has 0 spiro atoms. The van der Waals surface area contributed by atoms with Crippen molar-refractivity contribution in [3.05, 3.63) is 29.8 Å². The Labute approximate surface area is 136 Å². The Kier molecular flexibility index (Phi) is 4.66. The zero-order valence-corrected chi connectivity index (χ0v) is 13.6. The summed E-state index contributed by atoms with van der Waals surface area (Å²) in [5, 5.41) is 9.38. The number of anilines is 1. The minimum Gasteiger partial charge on any atom is -0.480 e. The van der Waals surface area contributed by atoms with Crippen molar-refractivity contribution in [2.24, 2.45) is 0 Å². The third-order valence-corrected chi connectivity index (χ3v) is 5.03. The van der Waals surface area contributed by atoms with Gasteiger partial charge in [0.25, 0.3) is 0 Å². The predicted octanol–water partition coefficient (Wildman–Crippen LogP) is 2.29. The second kappa shape index (κ2) is 6.71. The van der Waals surface area contributed by atoms with Crippen molar-refractivity contribution in [3.8, 4) is 0 Å². The zero-order chi connectivity index (χ0) is 16.4. The molecule has 5 heteroatoms. The van der Waals surface area contributed by atoms with Gasteiger partial charge < -0.3 is 10.0 Å². The molecule has 124 valence electrons. The number of likely N-dealkylation sites (tertiary alicyclic amines) is 1. The van der Waals surface area contributed by atoms with Crippen molar-refractivity contribution in [1.29, 1.82) is 0 Å². The summed E-state index contributed by atoms with van der Waals surface area (Å²) in [6.07, 6.45) is 4.45. The molecule has 0 radical (unpaired) electrons. The van der Waals surface area contributed by atoms with Crippen LogP contribution in [0.3, 0.4) is 0 Å². The van der Waals surface area contributed by atoms with Gasteiger partial charge in [0, 0.05) is 11.7 Å². The van der Waals surface area contributed by atoms with Gasteiger partial charge in [0.05, 0.1) is 6.54 Å². The summed E-state index contributed by atoms with van der Waals surface area (Å²) in [4.78, 5) is 28.0. The molecule has 2 aliphatic rings. The number of benzene rings is 1. The first-order valence-electron chi connectivity index (χ1n) is 8.44. The van der Waals surface area contributed by atoms with Crippen LogP contribution in [0.1, 0.15) is 38.2 Å². The van der Waals surface area contributed by atoms with E-state index in [1.54, 1.807) is 0 Å². The topological polar surface area (TPSA) is 60.9 Å². The highest BCUT2D eigenvalue weighted by atomic mass is 16.4. The highest BCUT2D eigenvalue weighted by Gasteiger charge is 2.33. The first kappa shape index (κ1) is 16.0. The van der Waals surface area contributed by atoms with Crippen LogP contribution in [0, 0.1) is 0 Å². The maximum Gasteiger partial charge on any atom is 0.320 e. The SMILES string of the molecule is CC1CCc2ccccc2N1C(=O)CN1CCCCC1C(=O)O. The molecular weight excluding hydrogens is 292 g/mol. The van der Waals surface area contributed by atoms with E-state index in [2.05, 4.69) is 13.0 Å². The molecule has 1 fully saturated rings. The van der Waals surface area contributed by atoms with E-state index in [0.717, 1.165) is 31.4 Å². The van der Waals surface area contributed by atoms with Gasteiger partial charge >= 0.3 is 5.97 Å². The van der Waals surface area contributed by atoms with Gasteiger partial charge in [-0.05, 0) is 50.8 Å². The van der Waals surface area contributed by atoms with Crippen LogP contribution in [-0.2, 0) is 16.0 Å². The molecule has 0 saturated carbocycles.